The summed E-state index contributed by atoms with van der Waals surface area (Å²) in [5, 5.41) is 3.46. The Hall–Kier alpha value is -2.49. The van der Waals surface area contributed by atoms with Crippen LogP contribution in [0, 0.1) is 0 Å². The number of amides is 2. The van der Waals surface area contributed by atoms with Gasteiger partial charge in [-0.25, -0.2) is 8.42 Å². The summed E-state index contributed by atoms with van der Waals surface area (Å²) in [7, 11) is -0.583. The van der Waals surface area contributed by atoms with Crippen LogP contribution in [0.5, 0.6) is 5.75 Å². The minimum absolute atomic E-state index is 0.0364. The van der Waals surface area contributed by atoms with Crippen LogP contribution in [0.4, 0.5) is 5.69 Å². The van der Waals surface area contributed by atoms with Crippen molar-refractivity contribution in [2.45, 2.75) is 38.8 Å². The highest BCUT2D eigenvalue weighted by molar-refractivity contribution is 7.92. The van der Waals surface area contributed by atoms with Gasteiger partial charge in [0.1, 0.15) is 11.8 Å². The standard InChI is InChI=1S/C24H31Cl2N3O5S/c1-5-22(24(31)27-2)28(16-17-11-12-18(25)14-21(17)26)23(30)10-7-13-29(35(4,32)33)19-8-6-9-20(15-19)34-3/h6,8-9,11-12,14-15,22H,5,7,10,13,16H2,1-4H3,(H,27,31)/t22-/m1/s1. The van der Waals surface area contributed by atoms with E-state index < -0.39 is 16.1 Å². The quantitative estimate of drug-likeness (QED) is 0.434. The van der Waals surface area contributed by atoms with E-state index in [9.17, 15) is 18.0 Å². The second-order valence-electron chi connectivity index (χ2n) is 7.94. The first-order valence-electron chi connectivity index (χ1n) is 11.1. The van der Waals surface area contributed by atoms with Gasteiger partial charge in [0.05, 0.1) is 19.1 Å². The van der Waals surface area contributed by atoms with E-state index in [4.69, 9.17) is 27.9 Å². The van der Waals surface area contributed by atoms with Gasteiger partial charge in [-0.3, -0.25) is 13.9 Å². The van der Waals surface area contributed by atoms with Crippen molar-refractivity contribution >= 4 is 50.7 Å². The molecule has 35 heavy (non-hydrogen) atoms. The number of rotatable bonds is 12. The Balaban J connectivity index is 2.23. The van der Waals surface area contributed by atoms with Gasteiger partial charge in [0, 0.05) is 42.7 Å². The van der Waals surface area contributed by atoms with Gasteiger partial charge < -0.3 is 15.0 Å². The summed E-state index contributed by atoms with van der Waals surface area (Å²) in [6.45, 7) is 2.02. The zero-order valence-corrected chi connectivity index (χ0v) is 22.6. The molecule has 0 bridgehead atoms. The van der Waals surface area contributed by atoms with Crippen LogP contribution >= 0.6 is 23.2 Å². The molecule has 1 atom stereocenters. The molecule has 0 heterocycles. The molecule has 0 radical (unpaired) electrons. The largest absolute Gasteiger partial charge is 0.497 e. The van der Waals surface area contributed by atoms with Gasteiger partial charge in [0.15, 0.2) is 0 Å². The Bertz CT molecular complexity index is 1140. The smallest absolute Gasteiger partial charge is 0.242 e. The lowest BCUT2D eigenvalue weighted by Gasteiger charge is -2.31. The van der Waals surface area contributed by atoms with Crippen molar-refractivity contribution in [3.05, 3.63) is 58.1 Å². The van der Waals surface area contributed by atoms with Gasteiger partial charge in [0.25, 0.3) is 0 Å². The number of benzene rings is 2. The fraction of sp³-hybridized carbons (Fsp3) is 0.417. The van der Waals surface area contributed by atoms with Crippen LogP contribution in [0.2, 0.25) is 10.0 Å². The zero-order valence-electron chi connectivity index (χ0n) is 20.3. The van der Waals surface area contributed by atoms with Gasteiger partial charge in [-0.2, -0.15) is 0 Å². The van der Waals surface area contributed by atoms with Crippen LogP contribution in [-0.2, 0) is 26.2 Å². The Morgan fingerprint density at radius 1 is 1.14 bits per heavy atom. The van der Waals surface area contributed by atoms with Gasteiger partial charge in [-0.05, 0) is 42.7 Å². The number of carbonyl (C=O) groups excluding carboxylic acids is 2. The first kappa shape index (κ1) is 28.7. The molecule has 0 saturated carbocycles. The van der Waals surface area contributed by atoms with Gasteiger partial charge in [0.2, 0.25) is 21.8 Å². The Morgan fingerprint density at radius 3 is 2.43 bits per heavy atom. The summed E-state index contributed by atoms with van der Waals surface area (Å²) in [5.74, 6) is -0.0553. The lowest BCUT2D eigenvalue weighted by molar-refractivity contribution is -0.141. The topological polar surface area (TPSA) is 96.0 Å². The minimum atomic E-state index is -3.60. The number of nitrogens with one attached hydrogen (secondary N) is 1. The number of sulfonamides is 1. The van der Waals surface area contributed by atoms with E-state index in [2.05, 4.69) is 5.32 Å². The molecule has 0 fully saturated rings. The van der Waals surface area contributed by atoms with Crippen LogP contribution in [0.3, 0.4) is 0 Å². The highest BCUT2D eigenvalue weighted by Gasteiger charge is 2.28. The molecule has 2 aromatic carbocycles. The molecule has 0 aliphatic heterocycles. The molecule has 8 nitrogen and oxygen atoms in total. The van der Waals surface area contributed by atoms with Crippen molar-refractivity contribution < 1.29 is 22.7 Å². The molecule has 192 valence electrons. The van der Waals surface area contributed by atoms with E-state index in [1.165, 1.54) is 23.4 Å². The van der Waals surface area contributed by atoms with Gasteiger partial charge in [-0.15, -0.1) is 0 Å². The number of hydrogen-bond donors (Lipinski definition) is 1. The Labute approximate surface area is 217 Å². The minimum Gasteiger partial charge on any atom is -0.497 e. The SMILES string of the molecule is CC[C@H](C(=O)NC)N(Cc1ccc(Cl)cc1Cl)C(=O)CCCN(c1cccc(OC)c1)S(C)(=O)=O. The van der Waals surface area contributed by atoms with Crippen molar-refractivity contribution in [2.24, 2.45) is 0 Å². The van der Waals surface area contributed by atoms with Crippen LogP contribution in [0.15, 0.2) is 42.5 Å². The van der Waals surface area contributed by atoms with E-state index in [1.54, 1.807) is 42.5 Å². The van der Waals surface area contributed by atoms with E-state index >= 15 is 0 Å². The van der Waals surface area contributed by atoms with Crippen LogP contribution in [-0.4, -0.2) is 58.1 Å². The highest BCUT2D eigenvalue weighted by atomic mass is 35.5. The molecule has 2 amide bonds. The number of nitrogens with zero attached hydrogens (tertiary/aromatic N) is 2. The van der Waals surface area contributed by atoms with Crippen molar-refractivity contribution in [3.63, 3.8) is 0 Å². The maximum atomic E-state index is 13.3. The average Bonchev–Trinajstić information content (AvgIpc) is 2.81. The summed E-state index contributed by atoms with van der Waals surface area (Å²) in [6, 6.07) is 11.0. The number of hydrogen-bond acceptors (Lipinski definition) is 5. The first-order chi connectivity index (χ1) is 16.5. The van der Waals surface area contributed by atoms with Crippen molar-refractivity contribution in [1.29, 1.82) is 0 Å². The molecule has 0 unspecified atom stereocenters. The molecule has 1 N–H and O–H groups in total. The highest BCUT2D eigenvalue weighted by Crippen LogP contribution is 2.26. The van der Waals surface area contributed by atoms with E-state index in [1.807, 2.05) is 6.92 Å². The van der Waals surface area contributed by atoms with E-state index in [-0.39, 0.29) is 37.7 Å². The zero-order chi connectivity index (χ0) is 26.2. The Kier molecular flexibility index (Phi) is 10.7. The molecular formula is C24H31Cl2N3O5S. The molecule has 0 aliphatic rings. The fourth-order valence-electron chi connectivity index (χ4n) is 3.69. The number of carbonyl (C=O) groups is 2. The number of ether oxygens (including phenoxy) is 1. The molecule has 2 rings (SSSR count). The predicted molar refractivity (Wildman–Crippen MR) is 140 cm³/mol. The maximum Gasteiger partial charge on any atom is 0.242 e. The van der Waals surface area contributed by atoms with Crippen LogP contribution in [0.1, 0.15) is 31.7 Å². The van der Waals surface area contributed by atoms with Crippen molar-refractivity contribution in [2.75, 3.05) is 31.3 Å². The molecule has 0 spiro atoms. The third kappa shape index (κ3) is 8.02. The Morgan fingerprint density at radius 2 is 1.86 bits per heavy atom. The number of likely N-dealkylation sites (N-methyl/N-ethyl adjacent to an activating group) is 1. The van der Waals surface area contributed by atoms with Gasteiger partial charge in [-0.1, -0.05) is 42.3 Å². The molecule has 11 heteroatoms. The number of anilines is 1. The number of halogens is 2. The summed E-state index contributed by atoms with van der Waals surface area (Å²) in [6.07, 6.45) is 1.80. The van der Waals surface area contributed by atoms with Gasteiger partial charge >= 0.3 is 0 Å². The summed E-state index contributed by atoms with van der Waals surface area (Å²) in [4.78, 5) is 27.3. The summed E-state index contributed by atoms with van der Waals surface area (Å²) < 4.78 is 31.3. The normalized spacial score (nSPS) is 12.1. The first-order valence-corrected chi connectivity index (χ1v) is 13.7. The molecular weight excluding hydrogens is 513 g/mol. The lowest BCUT2D eigenvalue weighted by atomic mass is 10.1. The molecule has 0 aliphatic carbocycles. The third-order valence-corrected chi connectivity index (χ3v) is 7.26. The summed E-state index contributed by atoms with van der Waals surface area (Å²) >= 11 is 12.3. The predicted octanol–water partition coefficient (Wildman–Crippen LogP) is 4.10. The van der Waals surface area contributed by atoms with Crippen molar-refractivity contribution in [3.8, 4) is 5.75 Å². The summed E-state index contributed by atoms with van der Waals surface area (Å²) in [5.41, 5.74) is 1.10. The monoisotopic (exact) mass is 543 g/mol. The number of methoxy groups -OCH3 is 1. The maximum absolute atomic E-state index is 13.3. The third-order valence-electron chi connectivity index (χ3n) is 5.48. The van der Waals surface area contributed by atoms with Crippen LogP contribution in [0.25, 0.3) is 0 Å². The van der Waals surface area contributed by atoms with E-state index in [0.717, 1.165) is 6.26 Å². The second kappa shape index (κ2) is 13.0. The lowest BCUT2D eigenvalue weighted by Crippen LogP contribution is -2.48. The average molecular weight is 545 g/mol. The second-order valence-corrected chi connectivity index (χ2v) is 10.7. The molecule has 0 saturated heterocycles. The molecule has 0 aromatic heterocycles. The van der Waals surface area contributed by atoms with E-state index in [0.29, 0.717) is 33.5 Å². The molecule has 2 aromatic rings. The van der Waals surface area contributed by atoms with Crippen LogP contribution < -0.4 is 14.4 Å². The fourth-order valence-corrected chi connectivity index (χ4v) is 5.11. The van der Waals surface area contributed by atoms with Crippen molar-refractivity contribution in [1.82, 2.24) is 10.2 Å².